The van der Waals surface area contributed by atoms with Gasteiger partial charge in [0.05, 0.1) is 12.5 Å². The monoisotopic (exact) mass is 157 g/mol. The van der Waals surface area contributed by atoms with Gasteiger partial charge >= 0.3 is 0 Å². The molecule has 58 valence electrons. The summed E-state index contributed by atoms with van der Waals surface area (Å²) in [5.41, 5.74) is 6.15. The fourth-order valence-corrected chi connectivity index (χ4v) is 0.665. The number of anilines is 1. The van der Waals surface area contributed by atoms with Gasteiger partial charge in [-0.15, -0.1) is 0 Å². The predicted octanol–water partition coefficient (Wildman–Crippen LogP) is 0.929. The molecule has 0 saturated heterocycles. The van der Waals surface area contributed by atoms with Gasteiger partial charge in [-0.25, -0.2) is 4.98 Å². The summed E-state index contributed by atoms with van der Waals surface area (Å²) < 4.78 is 0. The molecular formula is C9H7N3. The summed E-state index contributed by atoms with van der Waals surface area (Å²) in [6, 6.07) is 5.38. The molecule has 0 aliphatic heterocycles. The maximum Gasteiger partial charge on any atom is 0.123 e. The van der Waals surface area contributed by atoms with E-state index < -0.39 is 0 Å². The molecule has 0 atom stereocenters. The standard InChI is InChI=1S/C9H7N3/c10-6-2-1-3-8-4-5-9(11)12-7-8/h4-5,7H,2H2,(H2,11,12). The van der Waals surface area contributed by atoms with E-state index in [1.807, 2.05) is 6.07 Å². The van der Waals surface area contributed by atoms with E-state index in [0.717, 1.165) is 5.56 Å². The third-order valence-corrected chi connectivity index (χ3v) is 1.19. The van der Waals surface area contributed by atoms with Gasteiger partial charge < -0.3 is 5.73 Å². The molecule has 1 heterocycles. The van der Waals surface area contributed by atoms with Crippen molar-refractivity contribution in [3.05, 3.63) is 23.9 Å². The van der Waals surface area contributed by atoms with E-state index in [1.54, 1.807) is 18.3 Å². The Kier molecular flexibility index (Phi) is 2.70. The molecule has 1 aromatic rings. The van der Waals surface area contributed by atoms with Gasteiger partial charge in [-0.3, -0.25) is 0 Å². The smallest absolute Gasteiger partial charge is 0.123 e. The van der Waals surface area contributed by atoms with Crippen molar-refractivity contribution in [2.24, 2.45) is 0 Å². The van der Waals surface area contributed by atoms with Gasteiger partial charge in [0.2, 0.25) is 0 Å². The van der Waals surface area contributed by atoms with E-state index in [1.165, 1.54) is 0 Å². The highest BCUT2D eigenvalue weighted by Gasteiger charge is 1.86. The largest absolute Gasteiger partial charge is 0.384 e. The van der Waals surface area contributed by atoms with Gasteiger partial charge in [-0.1, -0.05) is 11.8 Å². The highest BCUT2D eigenvalue weighted by atomic mass is 14.8. The molecule has 0 unspecified atom stereocenters. The number of pyridine rings is 1. The zero-order valence-corrected chi connectivity index (χ0v) is 6.41. The normalized spacial score (nSPS) is 7.92. The Hall–Kier alpha value is -2.00. The molecule has 1 rings (SSSR count). The number of hydrogen-bond acceptors (Lipinski definition) is 3. The van der Waals surface area contributed by atoms with E-state index in [9.17, 15) is 0 Å². The lowest BCUT2D eigenvalue weighted by molar-refractivity contribution is 1.32. The van der Waals surface area contributed by atoms with Crippen LogP contribution in [-0.4, -0.2) is 4.98 Å². The number of nitrogens with zero attached hydrogens (tertiary/aromatic N) is 2. The van der Waals surface area contributed by atoms with Gasteiger partial charge in [0.15, 0.2) is 0 Å². The molecular weight excluding hydrogens is 150 g/mol. The lowest BCUT2D eigenvalue weighted by atomic mass is 10.3. The number of nitrogens with two attached hydrogens (primary N) is 1. The molecule has 3 nitrogen and oxygen atoms in total. The summed E-state index contributed by atoms with van der Waals surface area (Å²) in [4.78, 5) is 3.85. The van der Waals surface area contributed by atoms with E-state index >= 15 is 0 Å². The molecule has 0 aliphatic carbocycles. The molecule has 0 aliphatic rings. The van der Waals surface area contributed by atoms with Crippen molar-refractivity contribution in [2.75, 3.05) is 5.73 Å². The molecule has 2 N–H and O–H groups in total. The quantitative estimate of drug-likeness (QED) is 0.570. The Morgan fingerprint density at radius 1 is 1.50 bits per heavy atom. The first-order chi connectivity index (χ1) is 5.83. The molecule has 0 bridgehead atoms. The van der Waals surface area contributed by atoms with Gasteiger partial charge in [0.1, 0.15) is 5.82 Å². The van der Waals surface area contributed by atoms with Crippen LogP contribution >= 0.6 is 0 Å². The molecule has 0 aromatic carbocycles. The van der Waals surface area contributed by atoms with Crippen molar-refractivity contribution in [2.45, 2.75) is 6.42 Å². The van der Waals surface area contributed by atoms with Crippen LogP contribution in [0.2, 0.25) is 0 Å². The number of nitrogen functional groups attached to an aromatic ring is 1. The minimum Gasteiger partial charge on any atom is -0.384 e. The van der Waals surface area contributed by atoms with Crippen molar-refractivity contribution in [1.29, 1.82) is 5.26 Å². The van der Waals surface area contributed by atoms with E-state index in [4.69, 9.17) is 11.0 Å². The van der Waals surface area contributed by atoms with Gasteiger partial charge in [-0.2, -0.15) is 5.26 Å². The number of hydrogen-bond donors (Lipinski definition) is 1. The van der Waals surface area contributed by atoms with Crippen LogP contribution in [0.3, 0.4) is 0 Å². The van der Waals surface area contributed by atoms with Crippen LogP contribution in [0.4, 0.5) is 5.82 Å². The van der Waals surface area contributed by atoms with Crippen LogP contribution in [0.5, 0.6) is 0 Å². The van der Waals surface area contributed by atoms with Crippen molar-refractivity contribution >= 4 is 5.82 Å². The Morgan fingerprint density at radius 3 is 2.92 bits per heavy atom. The minimum absolute atomic E-state index is 0.240. The number of nitriles is 1. The summed E-state index contributed by atoms with van der Waals surface area (Å²) in [6.45, 7) is 0. The highest BCUT2D eigenvalue weighted by Crippen LogP contribution is 1.98. The number of rotatable bonds is 0. The fraction of sp³-hybridized carbons (Fsp3) is 0.111. The van der Waals surface area contributed by atoms with Crippen LogP contribution < -0.4 is 5.73 Å². The van der Waals surface area contributed by atoms with Crippen LogP contribution in [0.15, 0.2) is 18.3 Å². The molecule has 12 heavy (non-hydrogen) atoms. The maximum atomic E-state index is 8.20. The SMILES string of the molecule is N#CCC#Cc1ccc(N)nc1. The van der Waals surface area contributed by atoms with Gasteiger partial charge in [-0.05, 0) is 12.1 Å². The molecule has 0 radical (unpaired) electrons. The Labute approximate surface area is 70.8 Å². The summed E-state index contributed by atoms with van der Waals surface area (Å²) in [5, 5.41) is 8.20. The van der Waals surface area contributed by atoms with Gasteiger partial charge in [0.25, 0.3) is 0 Å². The zero-order chi connectivity index (χ0) is 8.81. The number of aromatic nitrogens is 1. The van der Waals surface area contributed by atoms with Crippen LogP contribution in [0.25, 0.3) is 0 Å². The van der Waals surface area contributed by atoms with Crippen LogP contribution in [0, 0.1) is 23.2 Å². The second kappa shape index (κ2) is 4.00. The van der Waals surface area contributed by atoms with E-state index in [-0.39, 0.29) is 6.42 Å². The van der Waals surface area contributed by atoms with E-state index in [0.29, 0.717) is 5.82 Å². The third kappa shape index (κ3) is 2.32. The first-order valence-corrected chi connectivity index (χ1v) is 3.40. The molecule has 0 amide bonds. The zero-order valence-electron chi connectivity index (χ0n) is 6.41. The minimum atomic E-state index is 0.240. The lowest BCUT2D eigenvalue weighted by Crippen LogP contribution is -1.88. The molecule has 0 fully saturated rings. The maximum absolute atomic E-state index is 8.20. The molecule has 1 aromatic heterocycles. The third-order valence-electron chi connectivity index (χ3n) is 1.19. The first-order valence-electron chi connectivity index (χ1n) is 3.40. The van der Waals surface area contributed by atoms with E-state index in [2.05, 4.69) is 16.8 Å². The summed E-state index contributed by atoms with van der Waals surface area (Å²) in [7, 11) is 0. The topological polar surface area (TPSA) is 62.7 Å². The van der Waals surface area contributed by atoms with Crippen molar-refractivity contribution in [3.8, 4) is 17.9 Å². The second-order valence-corrected chi connectivity index (χ2v) is 2.11. The van der Waals surface area contributed by atoms with Crippen molar-refractivity contribution in [1.82, 2.24) is 4.98 Å². The Morgan fingerprint density at radius 2 is 2.33 bits per heavy atom. The average Bonchev–Trinajstić information content (AvgIpc) is 2.09. The van der Waals surface area contributed by atoms with Crippen molar-refractivity contribution < 1.29 is 0 Å². The lowest BCUT2D eigenvalue weighted by Gasteiger charge is -1.89. The molecule has 3 heteroatoms. The van der Waals surface area contributed by atoms with Crippen LogP contribution in [0.1, 0.15) is 12.0 Å². The fourth-order valence-electron chi connectivity index (χ4n) is 0.665. The summed E-state index contributed by atoms with van der Waals surface area (Å²) >= 11 is 0. The Bertz CT molecular complexity index is 348. The second-order valence-electron chi connectivity index (χ2n) is 2.11. The van der Waals surface area contributed by atoms with Crippen LogP contribution in [-0.2, 0) is 0 Å². The predicted molar refractivity (Wildman–Crippen MR) is 45.8 cm³/mol. The average molecular weight is 157 g/mol. The van der Waals surface area contributed by atoms with Gasteiger partial charge in [0, 0.05) is 11.8 Å². The molecule has 0 spiro atoms. The first kappa shape index (κ1) is 8.10. The molecule has 0 saturated carbocycles. The van der Waals surface area contributed by atoms with Crippen molar-refractivity contribution in [3.63, 3.8) is 0 Å². The highest BCUT2D eigenvalue weighted by molar-refractivity contribution is 5.38. The summed E-state index contributed by atoms with van der Waals surface area (Å²) in [6.07, 6.45) is 1.82. The Balaban J connectivity index is 2.74. The summed E-state index contributed by atoms with van der Waals surface area (Å²) in [5.74, 6) is 5.93.